The third kappa shape index (κ3) is 8.56. The van der Waals surface area contributed by atoms with Gasteiger partial charge in [0, 0.05) is 23.8 Å². The molecule has 1 aromatic carbocycles. The third-order valence-electron chi connectivity index (χ3n) is 11.2. The first-order valence-electron chi connectivity index (χ1n) is 19.0. The number of rotatable bonds is 8. The van der Waals surface area contributed by atoms with Crippen molar-refractivity contribution in [3.63, 3.8) is 0 Å². The van der Waals surface area contributed by atoms with Crippen LogP contribution in [0.3, 0.4) is 0 Å². The Morgan fingerprint density at radius 2 is 1.86 bits per heavy atom. The number of alkyl halides is 1. The molecule has 56 heavy (non-hydrogen) atoms. The van der Waals surface area contributed by atoms with Crippen LogP contribution in [-0.4, -0.2) is 96.5 Å². The van der Waals surface area contributed by atoms with Crippen LogP contribution in [0.15, 0.2) is 36.4 Å². The fourth-order valence-corrected chi connectivity index (χ4v) is 9.14. The lowest BCUT2D eigenvalue weighted by Crippen LogP contribution is -2.59. The number of methoxy groups -OCH3 is 1. The fraction of sp³-hybridized carbons (Fsp3) is 0.615. The second-order valence-electron chi connectivity index (χ2n) is 16.8. The number of alkyl carbamates (subject to hydrolysis) is 1. The molecule has 1 aromatic heterocycles. The van der Waals surface area contributed by atoms with E-state index in [-0.39, 0.29) is 49.9 Å². The van der Waals surface area contributed by atoms with E-state index < -0.39 is 92.2 Å². The van der Waals surface area contributed by atoms with Gasteiger partial charge in [0.25, 0.3) is 5.91 Å². The number of nitrogens with zero attached hydrogens (tertiary/aromatic N) is 2. The number of nitrogens with one attached hydrogen (secondary N) is 3. The molecule has 2 aromatic rings. The van der Waals surface area contributed by atoms with Crippen molar-refractivity contribution in [2.24, 2.45) is 17.8 Å². The molecule has 2 aliphatic carbocycles. The number of ether oxygens (including phenoxy) is 3. The number of sulfonamides is 1. The summed E-state index contributed by atoms with van der Waals surface area (Å²) in [6.07, 6.45) is 3.94. The van der Waals surface area contributed by atoms with E-state index in [0.717, 1.165) is 0 Å². The molecule has 7 atom stereocenters. The maximum absolute atomic E-state index is 14.8. The number of aromatic nitrogens is 1. The molecule has 3 fully saturated rings. The summed E-state index contributed by atoms with van der Waals surface area (Å²) in [4.78, 5) is 62.0. The first-order chi connectivity index (χ1) is 26.3. The topological polar surface area (TPSA) is 182 Å². The molecule has 4 amide bonds. The largest absolute Gasteiger partial charge is 0.481 e. The predicted molar refractivity (Wildman–Crippen MR) is 201 cm³/mol. The summed E-state index contributed by atoms with van der Waals surface area (Å²) in [7, 11) is -3.02. The highest BCUT2D eigenvalue weighted by molar-refractivity contribution is 7.91. The predicted octanol–water partition coefficient (Wildman–Crippen LogP) is 4.46. The highest BCUT2D eigenvalue weighted by Gasteiger charge is 2.64. The molecule has 0 bridgehead atoms. The van der Waals surface area contributed by atoms with E-state index in [1.807, 2.05) is 19.9 Å². The Hall–Kier alpha value is -4.54. The lowest BCUT2D eigenvalue weighted by molar-refractivity contribution is -0.142. The molecule has 0 spiro atoms. The average molecular weight is 804 g/mol. The lowest BCUT2D eigenvalue weighted by atomic mass is 9.88. The van der Waals surface area contributed by atoms with E-state index in [1.54, 1.807) is 32.9 Å². The Bertz CT molecular complexity index is 2020. The molecule has 2 aliphatic heterocycles. The first kappa shape index (κ1) is 41.1. The van der Waals surface area contributed by atoms with Crippen molar-refractivity contribution < 1.29 is 50.6 Å². The zero-order valence-corrected chi connectivity index (χ0v) is 33.3. The smallest absolute Gasteiger partial charge is 0.408 e. The Balaban J connectivity index is 1.36. The third-order valence-corrected chi connectivity index (χ3v) is 13.3. The van der Waals surface area contributed by atoms with E-state index in [4.69, 9.17) is 14.2 Å². The minimum Gasteiger partial charge on any atom is -0.481 e. The maximum atomic E-state index is 14.8. The van der Waals surface area contributed by atoms with E-state index >= 15 is 0 Å². The monoisotopic (exact) mass is 803 g/mol. The van der Waals surface area contributed by atoms with Gasteiger partial charge in [0.1, 0.15) is 46.6 Å². The van der Waals surface area contributed by atoms with E-state index in [0.29, 0.717) is 30.0 Å². The van der Waals surface area contributed by atoms with Crippen LogP contribution < -0.4 is 24.8 Å². The van der Waals surface area contributed by atoms with Crippen molar-refractivity contribution in [3.05, 3.63) is 42.2 Å². The molecule has 306 valence electrons. The van der Waals surface area contributed by atoms with Crippen LogP contribution in [0.1, 0.15) is 79.6 Å². The number of pyridine rings is 1. The summed E-state index contributed by atoms with van der Waals surface area (Å²) in [5, 5.41) is 6.43. The molecule has 6 rings (SSSR count). The molecule has 14 nitrogen and oxygen atoms in total. The van der Waals surface area contributed by atoms with Gasteiger partial charge < -0.3 is 29.7 Å². The van der Waals surface area contributed by atoms with Crippen LogP contribution >= 0.6 is 0 Å². The van der Waals surface area contributed by atoms with Crippen molar-refractivity contribution >= 4 is 44.6 Å². The summed E-state index contributed by atoms with van der Waals surface area (Å²) >= 11 is 0. The van der Waals surface area contributed by atoms with Gasteiger partial charge >= 0.3 is 6.09 Å². The van der Waals surface area contributed by atoms with Crippen LogP contribution in [0.5, 0.6) is 11.8 Å². The average Bonchev–Trinajstić information content (AvgIpc) is 4.02. The van der Waals surface area contributed by atoms with E-state index in [1.165, 1.54) is 30.2 Å². The number of benzene rings is 1. The van der Waals surface area contributed by atoms with Gasteiger partial charge in [-0.1, -0.05) is 26.0 Å². The zero-order valence-electron chi connectivity index (χ0n) is 32.5. The standard InChI is InChI=1S/C39H51F2N5O9S/c1-22-9-7-8-10-25-19-39(25,35(49)45-56(51,52)38(21-40)13-14-38)44-32(47)29-18-27(54-33-28-12-11-26(41)16-24(28)17-30(42-33)53-6)20-46(29)34(48)31(23(2)15-22)43-36(50)55-37(3,4)5/h8,10-12,16-17,22-23,25,27,29,31H,7,9,13-15,18-21H2,1-6H3,(H,43,50)(H,44,47)(H,45,49)/b10-8-/t22-,23-,25?,27-,29+,31+,39-/m1/s1. The summed E-state index contributed by atoms with van der Waals surface area (Å²) < 4.78 is 72.0. The second kappa shape index (κ2) is 15.4. The van der Waals surface area contributed by atoms with Gasteiger partial charge in [-0.2, -0.15) is 4.98 Å². The quantitative estimate of drug-likeness (QED) is 0.323. The van der Waals surface area contributed by atoms with Gasteiger partial charge in [0.2, 0.25) is 33.6 Å². The number of allylic oxidation sites excluding steroid dienone is 1. The Morgan fingerprint density at radius 3 is 2.52 bits per heavy atom. The van der Waals surface area contributed by atoms with Crippen LogP contribution in [-0.2, 0) is 29.1 Å². The molecule has 3 heterocycles. The summed E-state index contributed by atoms with van der Waals surface area (Å²) in [6.45, 7) is 7.66. The number of carbonyl (C=O) groups is 4. The molecule has 4 aliphatic rings. The van der Waals surface area contributed by atoms with Gasteiger partial charge in [0.15, 0.2) is 0 Å². The Kier molecular flexibility index (Phi) is 11.3. The van der Waals surface area contributed by atoms with Crippen molar-refractivity contribution in [1.29, 1.82) is 0 Å². The van der Waals surface area contributed by atoms with Gasteiger partial charge in [0.05, 0.1) is 13.7 Å². The first-order valence-corrected chi connectivity index (χ1v) is 20.5. The molecular formula is C39H51F2N5O9S. The molecule has 1 unspecified atom stereocenters. The molecule has 0 radical (unpaired) electrons. The van der Waals surface area contributed by atoms with Gasteiger partial charge in [-0.25, -0.2) is 22.0 Å². The highest BCUT2D eigenvalue weighted by atomic mass is 32.2. The number of amides is 4. The van der Waals surface area contributed by atoms with Crippen LogP contribution in [0, 0.1) is 23.6 Å². The summed E-state index contributed by atoms with van der Waals surface area (Å²) in [5.74, 6) is -3.51. The number of hydrogen-bond acceptors (Lipinski definition) is 10. The molecular weight excluding hydrogens is 753 g/mol. The van der Waals surface area contributed by atoms with Crippen LogP contribution in [0.2, 0.25) is 0 Å². The van der Waals surface area contributed by atoms with Crippen molar-refractivity contribution in [2.45, 2.75) is 114 Å². The van der Waals surface area contributed by atoms with Crippen LogP contribution in [0.4, 0.5) is 13.6 Å². The van der Waals surface area contributed by atoms with Crippen LogP contribution in [0.25, 0.3) is 10.8 Å². The zero-order chi connectivity index (χ0) is 40.8. The Morgan fingerprint density at radius 1 is 1.12 bits per heavy atom. The van der Waals surface area contributed by atoms with Gasteiger partial charge in [-0.05, 0) is 94.7 Å². The molecule has 2 saturated carbocycles. The van der Waals surface area contributed by atoms with Crippen molar-refractivity contribution in [1.82, 2.24) is 25.2 Å². The lowest BCUT2D eigenvalue weighted by Gasteiger charge is -2.33. The summed E-state index contributed by atoms with van der Waals surface area (Å²) in [6, 6.07) is 3.19. The van der Waals surface area contributed by atoms with Crippen molar-refractivity contribution in [3.8, 4) is 11.8 Å². The number of hydrogen-bond donors (Lipinski definition) is 3. The van der Waals surface area contributed by atoms with Crippen molar-refractivity contribution in [2.75, 3.05) is 20.3 Å². The minimum atomic E-state index is -4.41. The normalized spacial score (nSPS) is 29.8. The highest BCUT2D eigenvalue weighted by Crippen LogP contribution is 2.48. The summed E-state index contributed by atoms with van der Waals surface area (Å²) in [5.41, 5.74) is -2.56. The minimum absolute atomic E-state index is 0.0663. The van der Waals surface area contributed by atoms with E-state index in [2.05, 4.69) is 20.3 Å². The molecule has 17 heteroatoms. The number of carbonyl (C=O) groups excluding carboxylic acids is 4. The number of halogens is 2. The second-order valence-corrected chi connectivity index (χ2v) is 18.9. The van der Waals surface area contributed by atoms with Gasteiger partial charge in [-0.15, -0.1) is 0 Å². The number of fused-ring (bicyclic) bond motifs is 3. The SMILES string of the molecule is COc1cc2cc(F)ccc2c(O[C@@H]2C[C@H]3C(=O)N[C@]4(C(=O)NS(=O)(=O)C5(CF)CC5)CC4/C=C\CC[C@@H](C)C[C@@H](C)[C@H](NC(=O)OC(C)(C)C)C(=O)N3C2)n1. The van der Waals surface area contributed by atoms with E-state index in [9.17, 15) is 36.4 Å². The maximum Gasteiger partial charge on any atom is 0.408 e. The Labute approximate surface area is 325 Å². The molecule has 3 N–H and O–H groups in total. The van der Waals surface area contributed by atoms with Gasteiger partial charge in [-0.3, -0.25) is 19.1 Å². The fourth-order valence-electron chi connectivity index (χ4n) is 7.71. The molecule has 1 saturated heterocycles.